The predicted molar refractivity (Wildman–Crippen MR) is 113 cm³/mol. The monoisotopic (exact) mass is 378 g/mol. The van der Waals surface area contributed by atoms with Crippen molar-refractivity contribution in [2.45, 2.75) is 38.1 Å². The fraction of sp³-hybridized carbons (Fsp3) is 0.478. The number of amides is 1. The highest BCUT2D eigenvalue weighted by Crippen LogP contribution is 2.31. The van der Waals surface area contributed by atoms with Crippen molar-refractivity contribution >= 4 is 11.7 Å². The molecule has 5 heteroatoms. The number of fused-ring (bicyclic) bond motifs is 1. The molecule has 148 valence electrons. The summed E-state index contributed by atoms with van der Waals surface area (Å²) in [5.74, 6) is 1.14. The van der Waals surface area contributed by atoms with Crippen LogP contribution in [-0.4, -0.2) is 49.0 Å². The average Bonchev–Trinajstić information content (AvgIpc) is 2.96. The number of anilines is 1. The van der Waals surface area contributed by atoms with Crippen molar-refractivity contribution in [3.8, 4) is 0 Å². The molecule has 28 heavy (non-hydrogen) atoms. The number of carbonyl (C=O) groups is 1. The van der Waals surface area contributed by atoms with E-state index in [4.69, 9.17) is 0 Å². The number of aromatic nitrogens is 1. The molecule has 2 aliphatic rings. The van der Waals surface area contributed by atoms with E-state index < -0.39 is 0 Å². The fourth-order valence-corrected chi connectivity index (χ4v) is 4.32. The van der Waals surface area contributed by atoms with Gasteiger partial charge in [-0.3, -0.25) is 4.79 Å². The molecular formula is C23H30N4O. The Morgan fingerprint density at radius 1 is 1.11 bits per heavy atom. The predicted octanol–water partition coefficient (Wildman–Crippen LogP) is 2.96. The van der Waals surface area contributed by atoms with Gasteiger partial charge in [-0.25, -0.2) is 4.98 Å². The highest BCUT2D eigenvalue weighted by Gasteiger charge is 2.25. The van der Waals surface area contributed by atoms with Gasteiger partial charge in [-0.05, 0) is 62.0 Å². The van der Waals surface area contributed by atoms with Crippen LogP contribution in [0.15, 0.2) is 42.6 Å². The van der Waals surface area contributed by atoms with Crippen LogP contribution in [0.5, 0.6) is 0 Å². The van der Waals surface area contributed by atoms with Crippen molar-refractivity contribution in [3.63, 3.8) is 0 Å². The minimum Gasteiger partial charge on any atom is -0.355 e. The van der Waals surface area contributed by atoms with Gasteiger partial charge in [-0.2, -0.15) is 0 Å². The lowest BCUT2D eigenvalue weighted by Gasteiger charge is -2.24. The Morgan fingerprint density at radius 3 is 2.86 bits per heavy atom. The molecule has 1 N–H and O–H groups in total. The van der Waals surface area contributed by atoms with E-state index in [0.717, 1.165) is 56.8 Å². The molecular weight excluding hydrogens is 348 g/mol. The Bertz CT molecular complexity index is 805. The Balaban J connectivity index is 1.35. The Hall–Kier alpha value is -2.40. The van der Waals surface area contributed by atoms with Crippen molar-refractivity contribution in [2.24, 2.45) is 0 Å². The first kappa shape index (κ1) is 18.9. The molecule has 0 unspecified atom stereocenters. The van der Waals surface area contributed by atoms with Crippen LogP contribution in [-0.2, 0) is 17.8 Å². The third-order valence-electron chi connectivity index (χ3n) is 6.01. The smallest absolute Gasteiger partial charge is 0.227 e. The molecule has 1 saturated heterocycles. The standard InChI is InChI=1S/C23H30N4O/c1-26-12-5-13-27(15-14-26)22-11-10-18(16-24-22)17-25-23(28)21-9-4-7-19-6-2-3-8-20(19)21/h2-3,6,8,10-11,16,21H,4-5,7,9,12-15,17H2,1H3,(H,25,28)/t21-/m0/s1. The van der Waals surface area contributed by atoms with Gasteiger partial charge in [0.05, 0.1) is 5.92 Å². The first-order chi connectivity index (χ1) is 13.7. The average molecular weight is 379 g/mol. The number of pyridine rings is 1. The number of likely N-dealkylation sites (N-methyl/N-ethyl adjacent to an activating group) is 1. The second-order valence-corrected chi connectivity index (χ2v) is 8.03. The van der Waals surface area contributed by atoms with Crippen LogP contribution in [0.25, 0.3) is 0 Å². The van der Waals surface area contributed by atoms with Gasteiger partial charge in [0.25, 0.3) is 0 Å². The van der Waals surface area contributed by atoms with Gasteiger partial charge in [0, 0.05) is 32.4 Å². The lowest BCUT2D eigenvalue weighted by molar-refractivity contribution is -0.123. The number of aryl methyl sites for hydroxylation is 1. The van der Waals surface area contributed by atoms with E-state index in [-0.39, 0.29) is 11.8 Å². The topological polar surface area (TPSA) is 48.5 Å². The Labute approximate surface area is 167 Å². The number of hydrogen-bond donors (Lipinski definition) is 1. The first-order valence-electron chi connectivity index (χ1n) is 10.4. The van der Waals surface area contributed by atoms with Gasteiger partial charge in [0.2, 0.25) is 5.91 Å². The molecule has 4 rings (SSSR count). The molecule has 5 nitrogen and oxygen atoms in total. The molecule has 1 aromatic carbocycles. The quantitative estimate of drug-likeness (QED) is 0.889. The zero-order valence-corrected chi connectivity index (χ0v) is 16.7. The molecule has 1 aliphatic carbocycles. The molecule has 0 spiro atoms. The van der Waals surface area contributed by atoms with Gasteiger partial charge >= 0.3 is 0 Å². The number of hydrogen-bond acceptors (Lipinski definition) is 4. The van der Waals surface area contributed by atoms with Crippen LogP contribution in [0.4, 0.5) is 5.82 Å². The van der Waals surface area contributed by atoms with Gasteiger partial charge < -0.3 is 15.1 Å². The van der Waals surface area contributed by atoms with Crippen LogP contribution in [0, 0.1) is 0 Å². The lowest BCUT2D eigenvalue weighted by atomic mass is 9.82. The Morgan fingerprint density at radius 2 is 2.00 bits per heavy atom. The first-order valence-corrected chi connectivity index (χ1v) is 10.4. The summed E-state index contributed by atoms with van der Waals surface area (Å²) in [7, 11) is 2.17. The fourth-order valence-electron chi connectivity index (χ4n) is 4.32. The van der Waals surface area contributed by atoms with E-state index in [1.54, 1.807) is 0 Å². The summed E-state index contributed by atoms with van der Waals surface area (Å²) in [6.07, 6.45) is 6.16. The van der Waals surface area contributed by atoms with E-state index in [1.807, 2.05) is 12.3 Å². The lowest BCUT2D eigenvalue weighted by Crippen LogP contribution is -2.31. The van der Waals surface area contributed by atoms with Gasteiger partial charge in [-0.1, -0.05) is 30.3 Å². The van der Waals surface area contributed by atoms with Gasteiger partial charge in [-0.15, -0.1) is 0 Å². The summed E-state index contributed by atoms with van der Waals surface area (Å²) in [4.78, 5) is 22.1. The van der Waals surface area contributed by atoms with Gasteiger partial charge in [0.1, 0.15) is 5.82 Å². The molecule has 0 saturated carbocycles. The van der Waals surface area contributed by atoms with Crippen LogP contribution in [0.3, 0.4) is 0 Å². The van der Waals surface area contributed by atoms with E-state index in [1.165, 1.54) is 17.5 Å². The molecule has 0 radical (unpaired) electrons. The van der Waals surface area contributed by atoms with Crippen LogP contribution < -0.4 is 10.2 Å². The summed E-state index contributed by atoms with van der Waals surface area (Å²) >= 11 is 0. The number of rotatable bonds is 4. The van der Waals surface area contributed by atoms with Crippen molar-refractivity contribution in [2.75, 3.05) is 38.1 Å². The minimum absolute atomic E-state index is 0.0220. The highest BCUT2D eigenvalue weighted by molar-refractivity contribution is 5.84. The normalized spacial score (nSPS) is 20.3. The molecule has 1 aromatic heterocycles. The third-order valence-corrected chi connectivity index (χ3v) is 6.01. The molecule has 1 aliphatic heterocycles. The third kappa shape index (κ3) is 4.36. The molecule has 2 heterocycles. The zero-order chi connectivity index (χ0) is 19.3. The van der Waals surface area contributed by atoms with E-state index in [9.17, 15) is 4.79 Å². The number of benzene rings is 1. The maximum atomic E-state index is 12.8. The summed E-state index contributed by atoms with van der Waals surface area (Å²) in [6.45, 7) is 4.82. The molecule has 0 bridgehead atoms. The highest BCUT2D eigenvalue weighted by atomic mass is 16.1. The number of carbonyl (C=O) groups excluding carboxylic acids is 1. The second-order valence-electron chi connectivity index (χ2n) is 8.03. The maximum Gasteiger partial charge on any atom is 0.227 e. The van der Waals surface area contributed by atoms with Gasteiger partial charge in [0.15, 0.2) is 0 Å². The summed E-state index contributed by atoms with van der Waals surface area (Å²) in [6, 6.07) is 12.5. The van der Waals surface area contributed by atoms with Crippen molar-refractivity contribution in [3.05, 3.63) is 59.3 Å². The largest absolute Gasteiger partial charge is 0.355 e. The second kappa shape index (κ2) is 8.74. The number of nitrogens with zero attached hydrogens (tertiary/aromatic N) is 3. The van der Waals surface area contributed by atoms with Crippen LogP contribution in [0.1, 0.15) is 41.9 Å². The molecule has 1 amide bonds. The van der Waals surface area contributed by atoms with Crippen molar-refractivity contribution < 1.29 is 4.79 Å². The summed E-state index contributed by atoms with van der Waals surface area (Å²) in [5, 5.41) is 3.13. The molecule has 2 aromatic rings. The van der Waals surface area contributed by atoms with E-state index in [0.29, 0.717) is 6.54 Å². The van der Waals surface area contributed by atoms with Crippen LogP contribution in [0.2, 0.25) is 0 Å². The van der Waals surface area contributed by atoms with E-state index >= 15 is 0 Å². The number of nitrogens with one attached hydrogen (secondary N) is 1. The van der Waals surface area contributed by atoms with E-state index in [2.05, 4.69) is 57.5 Å². The maximum absolute atomic E-state index is 12.8. The molecule has 1 fully saturated rings. The van der Waals surface area contributed by atoms with Crippen LogP contribution >= 0.6 is 0 Å². The molecule has 1 atom stereocenters. The van der Waals surface area contributed by atoms with Crippen molar-refractivity contribution in [1.29, 1.82) is 0 Å². The summed E-state index contributed by atoms with van der Waals surface area (Å²) in [5.41, 5.74) is 3.57. The SMILES string of the molecule is CN1CCCN(c2ccc(CNC(=O)[C@H]3CCCc4ccccc43)cn2)CC1. The van der Waals surface area contributed by atoms with Crippen molar-refractivity contribution in [1.82, 2.24) is 15.2 Å². The Kier molecular flexibility index (Phi) is 5.91. The summed E-state index contributed by atoms with van der Waals surface area (Å²) < 4.78 is 0. The minimum atomic E-state index is -0.0220. The zero-order valence-electron chi connectivity index (χ0n) is 16.7.